The lowest BCUT2D eigenvalue weighted by Crippen LogP contribution is -2.49. The molecule has 7 nitrogen and oxygen atoms in total. The Bertz CT molecular complexity index is 791. The number of fused-ring (bicyclic) bond motifs is 1. The fourth-order valence-electron chi connectivity index (χ4n) is 4.16. The molecule has 138 valence electrons. The number of rotatable bonds is 4. The molecule has 1 atom stereocenters. The number of aromatic nitrogens is 1. The first-order chi connectivity index (χ1) is 12.7. The lowest BCUT2D eigenvalue weighted by molar-refractivity contribution is -0.383. The summed E-state index contributed by atoms with van der Waals surface area (Å²) in [5.41, 5.74) is 1.21. The third kappa shape index (κ3) is 3.37. The van der Waals surface area contributed by atoms with E-state index in [0.717, 1.165) is 63.3 Å². The molecule has 2 fully saturated rings. The molecule has 0 radical (unpaired) electrons. The summed E-state index contributed by atoms with van der Waals surface area (Å²) in [6.45, 7) is 5.58. The van der Waals surface area contributed by atoms with Gasteiger partial charge in [-0.3, -0.25) is 20.0 Å². The summed E-state index contributed by atoms with van der Waals surface area (Å²) < 4.78 is 5.47. The van der Waals surface area contributed by atoms with Gasteiger partial charge in [-0.15, -0.1) is 0 Å². The zero-order chi connectivity index (χ0) is 17.9. The standard InChI is InChI=1S/C19H24N4O3/c24-23(25)19-5-4-18(16-6-7-20-13-17(16)19)22-8-2-1-3-15(22)14-21-9-11-26-12-10-21/h4-7,13,15H,1-3,8-12,14H2. The van der Waals surface area contributed by atoms with E-state index >= 15 is 0 Å². The molecule has 2 saturated heterocycles. The topological polar surface area (TPSA) is 71.7 Å². The van der Waals surface area contributed by atoms with Crippen LogP contribution in [0.25, 0.3) is 10.8 Å². The average Bonchev–Trinajstić information content (AvgIpc) is 2.68. The monoisotopic (exact) mass is 356 g/mol. The van der Waals surface area contributed by atoms with Crippen molar-refractivity contribution in [2.75, 3.05) is 44.3 Å². The zero-order valence-corrected chi connectivity index (χ0v) is 14.8. The van der Waals surface area contributed by atoms with Gasteiger partial charge in [-0.1, -0.05) is 0 Å². The fraction of sp³-hybridized carbons (Fsp3) is 0.526. The molecular formula is C19H24N4O3. The van der Waals surface area contributed by atoms with E-state index in [1.807, 2.05) is 12.1 Å². The van der Waals surface area contributed by atoms with Crippen molar-refractivity contribution < 1.29 is 9.66 Å². The van der Waals surface area contributed by atoms with Gasteiger partial charge in [0.2, 0.25) is 0 Å². The maximum atomic E-state index is 11.4. The van der Waals surface area contributed by atoms with Gasteiger partial charge < -0.3 is 9.64 Å². The molecule has 0 bridgehead atoms. The second-order valence-corrected chi connectivity index (χ2v) is 7.04. The van der Waals surface area contributed by atoms with E-state index in [4.69, 9.17) is 4.74 Å². The van der Waals surface area contributed by atoms with E-state index in [1.54, 1.807) is 18.5 Å². The molecule has 0 amide bonds. The van der Waals surface area contributed by atoms with Gasteiger partial charge in [0.25, 0.3) is 5.69 Å². The van der Waals surface area contributed by atoms with Crippen LogP contribution in [-0.4, -0.2) is 60.2 Å². The second-order valence-electron chi connectivity index (χ2n) is 7.04. The number of anilines is 1. The number of ether oxygens (including phenoxy) is 1. The molecule has 1 aromatic heterocycles. The Balaban J connectivity index is 1.68. The minimum absolute atomic E-state index is 0.124. The summed E-state index contributed by atoms with van der Waals surface area (Å²) in [4.78, 5) is 20.1. The van der Waals surface area contributed by atoms with Gasteiger partial charge in [0, 0.05) is 61.8 Å². The van der Waals surface area contributed by atoms with Crippen LogP contribution in [0.2, 0.25) is 0 Å². The maximum absolute atomic E-state index is 11.4. The van der Waals surface area contributed by atoms with Crippen LogP contribution in [-0.2, 0) is 4.74 Å². The predicted octanol–water partition coefficient (Wildman–Crippen LogP) is 2.83. The highest BCUT2D eigenvalue weighted by Crippen LogP contribution is 2.36. The molecule has 0 aliphatic carbocycles. The Morgan fingerprint density at radius 2 is 2.00 bits per heavy atom. The SMILES string of the molecule is O=[N+]([O-])c1ccc(N2CCCCC2CN2CCOCC2)c2ccncc12. The van der Waals surface area contributed by atoms with Crippen molar-refractivity contribution >= 4 is 22.1 Å². The van der Waals surface area contributed by atoms with E-state index < -0.39 is 0 Å². The van der Waals surface area contributed by atoms with Gasteiger partial charge in [0.1, 0.15) is 0 Å². The third-order valence-corrected chi connectivity index (χ3v) is 5.48. The molecule has 2 aromatic rings. The van der Waals surface area contributed by atoms with Gasteiger partial charge in [-0.2, -0.15) is 0 Å². The van der Waals surface area contributed by atoms with Crippen LogP contribution >= 0.6 is 0 Å². The number of nitro benzene ring substituents is 1. The Kier molecular flexibility index (Phi) is 4.99. The molecule has 7 heteroatoms. The molecule has 0 saturated carbocycles. The molecular weight excluding hydrogens is 332 g/mol. The largest absolute Gasteiger partial charge is 0.379 e. The first kappa shape index (κ1) is 17.2. The number of piperidine rings is 1. The van der Waals surface area contributed by atoms with Crippen molar-refractivity contribution in [3.8, 4) is 0 Å². The Morgan fingerprint density at radius 3 is 2.81 bits per heavy atom. The van der Waals surface area contributed by atoms with E-state index in [-0.39, 0.29) is 10.6 Å². The lowest BCUT2D eigenvalue weighted by Gasteiger charge is -2.41. The first-order valence-electron chi connectivity index (χ1n) is 9.32. The van der Waals surface area contributed by atoms with Gasteiger partial charge >= 0.3 is 0 Å². The van der Waals surface area contributed by atoms with Crippen LogP contribution < -0.4 is 4.90 Å². The Morgan fingerprint density at radius 1 is 1.15 bits per heavy atom. The number of nitrogens with zero attached hydrogens (tertiary/aromatic N) is 4. The van der Waals surface area contributed by atoms with Gasteiger partial charge in [0.15, 0.2) is 0 Å². The molecule has 4 rings (SSSR count). The quantitative estimate of drug-likeness (QED) is 0.620. The maximum Gasteiger partial charge on any atom is 0.278 e. The zero-order valence-electron chi connectivity index (χ0n) is 14.8. The molecule has 1 aromatic carbocycles. The summed E-state index contributed by atoms with van der Waals surface area (Å²) in [6, 6.07) is 5.87. The highest BCUT2D eigenvalue weighted by Gasteiger charge is 2.27. The minimum Gasteiger partial charge on any atom is -0.379 e. The normalized spacial score (nSPS) is 21.8. The second kappa shape index (κ2) is 7.55. The fourth-order valence-corrected chi connectivity index (χ4v) is 4.16. The number of hydrogen-bond acceptors (Lipinski definition) is 6. The number of nitro groups is 1. The molecule has 3 heterocycles. The first-order valence-corrected chi connectivity index (χ1v) is 9.32. The van der Waals surface area contributed by atoms with Crippen molar-refractivity contribution in [1.82, 2.24) is 9.88 Å². The Hall–Kier alpha value is -2.25. The summed E-state index contributed by atoms with van der Waals surface area (Å²) in [5.74, 6) is 0. The molecule has 0 spiro atoms. The van der Waals surface area contributed by atoms with Crippen LogP contribution in [0.4, 0.5) is 11.4 Å². The summed E-state index contributed by atoms with van der Waals surface area (Å²) in [6.07, 6.45) is 6.87. The van der Waals surface area contributed by atoms with Crippen molar-refractivity contribution in [3.05, 3.63) is 40.7 Å². The van der Waals surface area contributed by atoms with E-state index in [0.29, 0.717) is 11.4 Å². The highest BCUT2D eigenvalue weighted by molar-refractivity contribution is 5.99. The van der Waals surface area contributed by atoms with Crippen molar-refractivity contribution in [2.45, 2.75) is 25.3 Å². The summed E-state index contributed by atoms with van der Waals surface area (Å²) >= 11 is 0. The highest BCUT2D eigenvalue weighted by atomic mass is 16.6. The number of pyridine rings is 1. The van der Waals surface area contributed by atoms with Gasteiger partial charge in [-0.25, -0.2) is 0 Å². The van der Waals surface area contributed by atoms with Crippen molar-refractivity contribution in [3.63, 3.8) is 0 Å². The van der Waals surface area contributed by atoms with E-state index in [9.17, 15) is 10.1 Å². The van der Waals surface area contributed by atoms with Crippen LogP contribution in [0.15, 0.2) is 30.6 Å². The van der Waals surface area contributed by atoms with Crippen molar-refractivity contribution in [2.24, 2.45) is 0 Å². The number of non-ortho nitro benzene ring substituents is 1. The predicted molar refractivity (Wildman–Crippen MR) is 101 cm³/mol. The number of benzene rings is 1. The van der Waals surface area contributed by atoms with Crippen molar-refractivity contribution in [1.29, 1.82) is 0 Å². The minimum atomic E-state index is -0.324. The Labute approximate surface area is 152 Å². The third-order valence-electron chi connectivity index (χ3n) is 5.48. The van der Waals surface area contributed by atoms with Gasteiger partial charge in [-0.05, 0) is 31.4 Å². The molecule has 2 aliphatic heterocycles. The molecule has 0 N–H and O–H groups in total. The number of hydrogen-bond donors (Lipinski definition) is 0. The van der Waals surface area contributed by atoms with Crippen LogP contribution in [0.1, 0.15) is 19.3 Å². The summed E-state index contributed by atoms with van der Waals surface area (Å²) in [7, 11) is 0. The molecule has 26 heavy (non-hydrogen) atoms. The van der Waals surface area contributed by atoms with Crippen LogP contribution in [0.5, 0.6) is 0 Å². The molecule has 1 unspecified atom stereocenters. The lowest BCUT2D eigenvalue weighted by atomic mass is 9.98. The average molecular weight is 356 g/mol. The van der Waals surface area contributed by atoms with E-state index in [1.165, 1.54) is 6.42 Å². The van der Waals surface area contributed by atoms with Crippen LogP contribution in [0.3, 0.4) is 0 Å². The smallest absolute Gasteiger partial charge is 0.278 e. The van der Waals surface area contributed by atoms with Crippen LogP contribution in [0, 0.1) is 10.1 Å². The molecule has 2 aliphatic rings. The number of morpholine rings is 1. The summed E-state index contributed by atoms with van der Waals surface area (Å²) in [5, 5.41) is 12.9. The van der Waals surface area contributed by atoms with E-state index in [2.05, 4.69) is 14.8 Å². The van der Waals surface area contributed by atoms with Gasteiger partial charge in [0.05, 0.1) is 23.5 Å².